The lowest BCUT2D eigenvalue weighted by Gasteiger charge is -2.14. The minimum atomic E-state index is -0.507. The Morgan fingerprint density at radius 2 is 2.20 bits per heavy atom. The molecule has 0 aliphatic heterocycles. The van der Waals surface area contributed by atoms with Gasteiger partial charge in [0.2, 0.25) is 5.91 Å². The summed E-state index contributed by atoms with van der Waals surface area (Å²) in [5, 5.41) is 0. The number of benzene rings is 1. The van der Waals surface area contributed by atoms with Crippen molar-refractivity contribution in [3.63, 3.8) is 0 Å². The molecule has 0 bridgehead atoms. The quantitative estimate of drug-likeness (QED) is 0.435. The van der Waals surface area contributed by atoms with Crippen molar-refractivity contribution in [2.24, 2.45) is 5.84 Å². The molecule has 1 aliphatic carbocycles. The first-order valence-corrected chi connectivity index (χ1v) is 4.88. The van der Waals surface area contributed by atoms with E-state index in [2.05, 4.69) is 5.43 Å². The Bertz CT molecular complexity index is 413. The van der Waals surface area contributed by atoms with Crippen LogP contribution in [0.15, 0.2) is 18.2 Å². The molecular formula is C11H13FN2O. The van der Waals surface area contributed by atoms with Crippen molar-refractivity contribution >= 4 is 5.91 Å². The monoisotopic (exact) mass is 208 g/mol. The molecule has 3 N–H and O–H groups in total. The first-order chi connectivity index (χ1) is 7.10. The maximum Gasteiger partial charge on any atom is 0.244 e. The van der Waals surface area contributed by atoms with Crippen LogP contribution in [-0.4, -0.2) is 5.91 Å². The summed E-state index contributed by atoms with van der Waals surface area (Å²) in [6.07, 6.45) is 1.56. The van der Waals surface area contributed by atoms with Gasteiger partial charge in [-0.3, -0.25) is 10.2 Å². The highest BCUT2D eigenvalue weighted by atomic mass is 19.1. The van der Waals surface area contributed by atoms with Gasteiger partial charge in [-0.15, -0.1) is 0 Å². The summed E-state index contributed by atoms with van der Waals surface area (Å²) in [6.45, 7) is 1.69. The summed E-state index contributed by atoms with van der Waals surface area (Å²) >= 11 is 0. The third kappa shape index (κ3) is 1.51. The van der Waals surface area contributed by atoms with Gasteiger partial charge in [-0.05, 0) is 37.0 Å². The fourth-order valence-electron chi connectivity index (χ4n) is 1.85. The van der Waals surface area contributed by atoms with E-state index in [-0.39, 0.29) is 11.7 Å². The molecule has 0 heterocycles. The summed E-state index contributed by atoms with van der Waals surface area (Å²) in [7, 11) is 0. The molecule has 0 spiro atoms. The fourth-order valence-corrected chi connectivity index (χ4v) is 1.85. The normalized spacial score (nSPS) is 17.3. The van der Waals surface area contributed by atoms with E-state index in [1.165, 1.54) is 6.07 Å². The van der Waals surface area contributed by atoms with Crippen molar-refractivity contribution in [1.82, 2.24) is 5.43 Å². The molecule has 1 saturated carbocycles. The Kier molecular flexibility index (Phi) is 2.23. The smallest absolute Gasteiger partial charge is 0.244 e. The van der Waals surface area contributed by atoms with Gasteiger partial charge >= 0.3 is 0 Å². The molecule has 2 rings (SSSR count). The van der Waals surface area contributed by atoms with Crippen LogP contribution in [0.25, 0.3) is 0 Å². The lowest BCUT2D eigenvalue weighted by atomic mass is 9.94. The average Bonchev–Trinajstić information content (AvgIpc) is 3.02. The molecule has 0 aromatic heterocycles. The van der Waals surface area contributed by atoms with Gasteiger partial charge in [0.1, 0.15) is 5.82 Å². The van der Waals surface area contributed by atoms with Gasteiger partial charge in [0.15, 0.2) is 0 Å². The number of hydrazine groups is 1. The van der Waals surface area contributed by atoms with Crippen LogP contribution in [-0.2, 0) is 10.2 Å². The minimum Gasteiger partial charge on any atom is -0.293 e. The molecule has 1 aromatic carbocycles. The van der Waals surface area contributed by atoms with E-state index >= 15 is 0 Å². The molecular weight excluding hydrogens is 195 g/mol. The van der Waals surface area contributed by atoms with Crippen LogP contribution >= 0.6 is 0 Å². The highest BCUT2D eigenvalue weighted by Crippen LogP contribution is 2.48. The Morgan fingerprint density at radius 3 is 2.67 bits per heavy atom. The summed E-state index contributed by atoms with van der Waals surface area (Å²) in [5.74, 6) is 4.70. The number of halogens is 1. The van der Waals surface area contributed by atoms with E-state index < -0.39 is 5.41 Å². The van der Waals surface area contributed by atoms with Crippen LogP contribution in [0.3, 0.4) is 0 Å². The number of amides is 1. The SMILES string of the molecule is Cc1cc(C2(C(=O)NN)CC2)ccc1F. The molecule has 3 nitrogen and oxygen atoms in total. The van der Waals surface area contributed by atoms with Crippen LogP contribution in [0.4, 0.5) is 4.39 Å². The maximum absolute atomic E-state index is 13.1. The van der Waals surface area contributed by atoms with Crippen LogP contribution < -0.4 is 11.3 Å². The van der Waals surface area contributed by atoms with Crippen LogP contribution in [0, 0.1) is 12.7 Å². The molecule has 0 radical (unpaired) electrons. The first-order valence-electron chi connectivity index (χ1n) is 4.88. The van der Waals surface area contributed by atoms with Gasteiger partial charge in [-0.1, -0.05) is 12.1 Å². The van der Waals surface area contributed by atoms with Gasteiger partial charge in [-0.2, -0.15) is 0 Å². The standard InChI is InChI=1S/C11H13FN2O/c1-7-6-8(2-3-9(7)12)11(4-5-11)10(15)14-13/h2-3,6H,4-5,13H2,1H3,(H,14,15). The molecule has 0 atom stereocenters. The van der Waals surface area contributed by atoms with Crippen molar-refractivity contribution in [2.45, 2.75) is 25.2 Å². The molecule has 0 unspecified atom stereocenters. The fraction of sp³-hybridized carbons (Fsp3) is 0.364. The van der Waals surface area contributed by atoms with E-state index in [0.717, 1.165) is 18.4 Å². The van der Waals surface area contributed by atoms with Crippen molar-refractivity contribution in [1.29, 1.82) is 0 Å². The predicted molar refractivity (Wildman–Crippen MR) is 54.4 cm³/mol. The molecule has 1 aliphatic rings. The van der Waals surface area contributed by atoms with Gasteiger partial charge in [-0.25, -0.2) is 10.2 Å². The third-order valence-corrected chi connectivity index (χ3v) is 3.03. The summed E-state index contributed by atoms with van der Waals surface area (Å²) in [4.78, 5) is 11.6. The minimum absolute atomic E-state index is 0.187. The molecule has 1 amide bonds. The van der Waals surface area contributed by atoms with Crippen molar-refractivity contribution in [2.75, 3.05) is 0 Å². The number of nitrogens with two attached hydrogens (primary N) is 1. The Labute approximate surface area is 87.4 Å². The molecule has 0 saturated heterocycles. The topological polar surface area (TPSA) is 55.1 Å². The van der Waals surface area contributed by atoms with E-state index in [0.29, 0.717) is 5.56 Å². The van der Waals surface area contributed by atoms with Crippen molar-refractivity contribution in [3.05, 3.63) is 35.1 Å². The Morgan fingerprint density at radius 1 is 1.53 bits per heavy atom. The largest absolute Gasteiger partial charge is 0.293 e. The second-order valence-corrected chi connectivity index (χ2v) is 4.02. The zero-order chi connectivity index (χ0) is 11.1. The average molecular weight is 208 g/mol. The lowest BCUT2D eigenvalue weighted by molar-refractivity contribution is -0.123. The lowest BCUT2D eigenvalue weighted by Crippen LogP contribution is -2.39. The molecule has 15 heavy (non-hydrogen) atoms. The molecule has 1 aromatic rings. The second kappa shape index (κ2) is 3.31. The van der Waals surface area contributed by atoms with E-state index in [9.17, 15) is 9.18 Å². The number of hydrogen-bond donors (Lipinski definition) is 2. The number of hydrogen-bond acceptors (Lipinski definition) is 2. The number of carbonyl (C=O) groups excluding carboxylic acids is 1. The van der Waals surface area contributed by atoms with Crippen LogP contribution in [0.1, 0.15) is 24.0 Å². The van der Waals surface area contributed by atoms with Gasteiger partial charge in [0.25, 0.3) is 0 Å². The number of carbonyl (C=O) groups is 1. The zero-order valence-electron chi connectivity index (χ0n) is 8.51. The first kappa shape index (κ1) is 10.1. The van der Waals surface area contributed by atoms with Gasteiger partial charge < -0.3 is 0 Å². The molecule has 80 valence electrons. The van der Waals surface area contributed by atoms with Gasteiger partial charge in [0.05, 0.1) is 5.41 Å². The second-order valence-electron chi connectivity index (χ2n) is 4.02. The highest BCUT2D eigenvalue weighted by Gasteiger charge is 2.51. The highest BCUT2D eigenvalue weighted by molar-refractivity contribution is 5.90. The van der Waals surface area contributed by atoms with E-state index in [4.69, 9.17) is 5.84 Å². The third-order valence-electron chi connectivity index (χ3n) is 3.03. The molecule has 1 fully saturated rings. The number of nitrogens with one attached hydrogen (secondary N) is 1. The predicted octanol–water partition coefficient (Wildman–Crippen LogP) is 1.16. The molecule has 4 heteroatoms. The van der Waals surface area contributed by atoms with Crippen molar-refractivity contribution in [3.8, 4) is 0 Å². The summed E-state index contributed by atoms with van der Waals surface area (Å²) < 4.78 is 13.1. The Hall–Kier alpha value is -1.42. The Balaban J connectivity index is 2.38. The van der Waals surface area contributed by atoms with Crippen LogP contribution in [0.5, 0.6) is 0 Å². The number of aryl methyl sites for hydroxylation is 1. The van der Waals surface area contributed by atoms with E-state index in [1.807, 2.05) is 0 Å². The number of rotatable bonds is 2. The van der Waals surface area contributed by atoms with Crippen LogP contribution in [0.2, 0.25) is 0 Å². The summed E-state index contributed by atoms with van der Waals surface area (Å²) in [6, 6.07) is 4.77. The zero-order valence-corrected chi connectivity index (χ0v) is 8.51. The van der Waals surface area contributed by atoms with Gasteiger partial charge in [0, 0.05) is 0 Å². The maximum atomic E-state index is 13.1. The van der Waals surface area contributed by atoms with Crippen molar-refractivity contribution < 1.29 is 9.18 Å². The van der Waals surface area contributed by atoms with E-state index in [1.54, 1.807) is 19.1 Å². The summed E-state index contributed by atoms with van der Waals surface area (Å²) in [5.41, 5.74) is 3.07.